The maximum atomic E-state index is 11.8. The molecule has 2 rings (SSSR count). The second-order valence-corrected chi connectivity index (χ2v) is 4.65. The molecule has 0 fully saturated rings. The van der Waals surface area contributed by atoms with Gasteiger partial charge in [-0.25, -0.2) is 0 Å². The van der Waals surface area contributed by atoms with E-state index in [2.05, 4.69) is 27.0 Å². The molecule has 1 atom stereocenters. The Bertz CT molecular complexity index is 527. The molecule has 0 saturated heterocycles. The molecule has 0 spiro atoms. The standard InChI is InChI=1S/C12H14N4O2S/c1-3-9-4-6-10(7-5-9)18-8(2)11(17)13-12-14-15-16-19-12/h4-8H,3H2,1-2H3,(H,13,14,16,17). The van der Waals surface area contributed by atoms with Gasteiger partial charge in [0.1, 0.15) is 5.75 Å². The predicted octanol–water partition coefficient (Wildman–Crippen LogP) is 1.90. The number of amides is 1. The van der Waals surface area contributed by atoms with E-state index in [4.69, 9.17) is 4.74 Å². The minimum atomic E-state index is -0.614. The van der Waals surface area contributed by atoms with Crippen LogP contribution in [0, 0.1) is 0 Å². The molecule has 0 aliphatic heterocycles. The molecule has 0 aliphatic rings. The first-order chi connectivity index (χ1) is 9.19. The first-order valence-electron chi connectivity index (χ1n) is 5.90. The predicted molar refractivity (Wildman–Crippen MR) is 72.2 cm³/mol. The van der Waals surface area contributed by atoms with E-state index in [0.717, 1.165) is 18.0 Å². The summed E-state index contributed by atoms with van der Waals surface area (Å²) in [5.41, 5.74) is 1.23. The number of hydrogen-bond acceptors (Lipinski definition) is 6. The van der Waals surface area contributed by atoms with Gasteiger partial charge in [-0.2, -0.15) is 0 Å². The zero-order valence-corrected chi connectivity index (χ0v) is 11.5. The van der Waals surface area contributed by atoms with E-state index in [1.807, 2.05) is 24.3 Å². The van der Waals surface area contributed by atoms with Gasteiger partial charge in [0.25, 0.3) is 5.91 Å². The van der Waals surface area contributed by atoms with Gasteiger partial charge in [-0.05, 0) is 36.3 Å². The lowest BCUT2D eigenvalue weighted by Gasteiger charge is -2.13. The van der Waals surface area contributed by atoms with Crippen molar-refractivity contribution < 1.29 is 9.53 Å². The van der Waals surface area contributed by atoms with Crippen LogP contribution in [0.25, 0.3) is 0 Å². The molecule has 7 heteroatoms. The van der Waals surface area contributed by atoms with Crippen molar-refractivity contribution in [3.05, 3.63) is 29.8 Å². The highest BCUT2D eigenvalue weighted by atomic mass is 32.1. The van der Waals surface area contributed by atoms with Crippen molar-refractivity contribution in [2.45, 2.75) is 26.4 Å². The second kappa shape index (κ2) is 6.24. The summed E-state index contributed by atoms with van der Waals surface area (Å²) in [6.07, 6.45) is 0.358. The third-order valence-corrected chi connectivity index (χ3v) is 3.05. The molecule has 1 amide bonds. The monoisotopic (exact) mass is 278 g/mol. The van der Waals surface area contributed by atoms with Gasteiger partial charge in [-0.3, -0.25) is 10.1 Å². The number of aryl methyl sites for hydroxylation is 1. The summed E-state index contributed by atoms with van der Waals surface area (Å²) < 4.78 is 9.11. The quantitative estimate of drug-likeness (QED) is 0.904. The van der Waals surface area contributed by atoms with Crippen LogP contribution in [0.4, 0.5) is 5.13 Å². The average Bonchev–Trinajstić information content (AvgIpc) is 2.92. The van der Waals surface area contributed by atoms with Gasteiger partial charge in [-0.1, -0.05) is 28.6 Å². The van der Waals surface area contributed by atoms with Gasteiger partial charge in [0.05, 0.1) is 0 Å². The number of anilines is 1. The van der Waals surface area contributed by atoms with Gasteiger partial charge < -0.3 is 4.74 Å². The first-order valence-corrected chi connectivity index (χ1v) is 6.68. The van der Waals surface area contributed by atoms with Crippen molar-refractivity contribution >= 4 is 22.6 Å². The number of carbonyl (C=O) groups excluding carboxylic acids is 1. The maximum absolute atomic E-state index is 11.8. The maximum Gasteiger partial charge on any atom is 0.267 e. The van der Waals surface area contributed by atoms with Crippen molar-refractivity contribution in [2.75, 3.05) is 5.32 Å². The summed E-state index contributed by atoms with van der Waals surface area (Å²) in [6.45, 7) is 3.76. The van der Waals surface area contributed by atoms with Crippen molar-refractivity contribution in [3.63, 3.8) is 0 Å². The number of ether oxygens (including phenoxy) is 1. The summed E-state index contributed by atoms with van der Waals surface area (Å²) >= 11 is 1.02. The van der Waals surface area contributed by atoms with Crippen molar-refractivity contribution in [1.29, 1.82) is 0 Å². The van der Waals surface area contributed by atoms with Crippen LogP contribution in [0.5, 0.6) is 5.75 Å². The molecule has 6 nitrogen and oxygen atoms in total. The third-order valence-electron chi connectivity index (χ3n) is 2.54. The van der Waals surface area contributed by atoms with Gasteiger partial charge in [-0.15, -0.1) is 0 Å². The van der Waals surface area contributed by atoms with Crippen LogP contribution in [0.15, 0.2) is 24.3 Å². The smallest absolute Gasteiger partial charge is 0.267 e. The van der Waals surface area contributed by atoms with Crippen molar-refractivity contribution in [1.82, 2.24) is 14.8 Å². The van der Waals surface area contributed by atoms with Crippen LogP contribution in [-0.4, -0.2) is 26.8 Å². The summed E-state index contributed by atoms with van der Waals surface area (Å²) in [6, 6.07) is 7.67. The highest BCUT2D eigenvalue weighted by Crippen LogP contribution is 2.15. The zero-order valence-electron chi connectivity index (χ0n) is 10.7. The van der Waals surface area contributed by atoms with Gasteiger partial charge >= 0.3 is 0 Å². The van der Waals surface area contributed by atoms with Crippen LogP contribution < -0.4 is 10.1 Å². The molecular weight excluding hydrogens is 264 g/mol. The fourth-order valence-corrected chi connectivity index (χ4v) is 1.82. The SMILES string of the molecule is CCc1ccc(OC(C)C(=O)Nc2nnns2)cc1. The molecule has 0 aliphatic carbocycles. The van der Waals surface area contributed by atoms with Gasteiger partial charge in [0, 0.05) is 11.5 Å². The summed E-state index contributed by atoms with van der Waals surface area (Å²) in [5, 5.41) is 9.98. The van der Waals surface area contributed by atoms with Crippen molar-refractivity contribution in [2.24, 2.45) is 0 Å². The van der Waals surface area contributed by atoms with E-state index >= 15 is 0 Å². The Morgan fingerprint density at radius 1 is 1.42 bits per heavy atom. The largest absolute Gasteiger partial charge is 0.481 e. The molecule has 0 saturated carbocycles. The number of benzene rings is 1. The van der Waals surface area contributed by atoms with E-state index in [1.54, 1.807) is 6.92 Å². The first kappa shape index (κ1) is 13.4. The molecule has 19 heavy (non-hydrogen) atoms. The van der Waals surface area contributed by atoms with E-state index in [-0.39, 0.29) is 5.91 Å². The Morgan fingerprint density at radius 3 is 2.74 bits per heavy atom. The summed E-state index contributed by atoms with van der Waals surface area (Å²) in [4.78, 5) is 11.8. The Kier molecular flexibility index (Phi) is 4.40. The Labute approximate surface area is 115 Å². The minimum Gasteiger partial charge on any atom is -0.481 e. The minimum absolute atomic E-state index is 0.280. The Morgan fingerprint density at radius 2 is 2.16 bits per heavy atom. The lowest BCUT2D eigenvalue weighted by Crippen LogP contribution is -2.30. The third kappa shape index (κ3) is 3.72. The lowest BCUT2D eigenvalue weighted by molar-refractivity contribution is -0.122. The molecule has 100 valence electrons. The number of carbonyl (C=O) groups is 1. The Hall–Kier alpha value is -2.02. The summed E-state index contributed by atoms with van der Waals surface area (Å²) in [5.74, 6) is 0.383. The van der Waals surface area contributed by atoms with E-state index in [9.17, 15) is 4.79 Å². The Balaban J connectivity index is 1.92. The molecule has 0 bridgehead atoms. The molecular formula is C12H14N4O2S. The number of hydrogen-bond donors (Lipinski definition) is 1. The van der Waals surface area contributed by atoms with E-state index in [1.165, 1.54) is 5.56 Å². The zero-order chi connectivity index (χ0) is 13.7. The number of nitrogens with zero attached hydrogens (tertiary/aromatic N) is 3. The van der Waals surface area contributed by atoms with Gasteiger partial charge in [0.2, 0.25) is 5.13 Å². The fourth-order valence-electron chi connectivity index (χ4n) is 1.45. The molecule has 1 aromatic heterocycles. The number of aromatic nitrogens is 3. The molecule has 2 aromatic rings. The van der Waals surface area contributed by atoms with Crippen LogP contribution in [-0.2, 0) is 11.2 Å². The van der Waals surface area contributed by atoms with Crippen molar-refractivity contribution in [3.8, 4) is 5.75 Å². The lowest BCUT2D eigenvalue weighted by atomic mass is 10.2. The number of rotatable bonds is 5. The van der Waals surface area contributed by atoms with Crippen LogP contribution in [0.2, 0.25) is 0 Å². The molecule has 1 heterocycles. The van der Waals surface area contributed by atoms with E-state index < -0.39 is 6.10 Å². The van der Waals surface area contributed by atoms with Gasteiger partial charge in [0.15, 0.2) is 6.10 Å². The summed E-state index contributed by atoms with van der Waals surface area (Å²) in [7, 11) is 0. The highest BCUT2D eigenvalue weighted by molar-refractivity contribution is 7.09. The molecule has 0 radical (unpaired) electrons. The average molecular weight is 278 g/mol. The normalized spacial score (nSPS) is 11.9. The van der Waals surface area contributed by atoms with E-state index in [0.29, 0.717) is 10.9 Å². The second-order valence-electron chi connectivity index (χ2n) is 3.91. The van der Waals surface area contributed by atoms with Crippen LogP contribution in [0.1, 0.15) is 19.4 Å². The molecule has 1 unspecified atom stereocenters. The van der Waals surface area contributed by atoms with Crippen LogP contribution in [0.3, 0.4) is 0 Å². The van der Waals surface area contributed by atoms with Crippen LogP contribution >= 0.6 is 11.5 Å². The molecule has 1 N–H and O–H groups in total. The fraction of sp³-hybridized carbons (Fsp3) is 0.333. The highest BCUT2D eigenvalue weighted by Gasteiger charge is 2.16. The number of nitrogens with one attached hydrogen (secondary N) is 1. The topological polar surface area (TPSA) is 77.0 Å². The molecule has 1 aromatic carbocycles.